The Bertz CT molecular complexity index is 1380. The summed E-state index contributed by atoms with van der Waals surface area (Å²) in [7, 11) is 0. The summed E-state index contributed by atoms with van der Waals surface area (Å²) in [6, 6.07) is 19.5. The summed E-state index contributed by atoms with van der Waals surface area (Å²) in [6.07, 6.45) is 4.10. The van der Waals surface area contributed by atoms with E-state index in [4.69, 9.17) is 0 Å². The molecule has 0 aliphatic carbocycles. The van der Waals surface area contributed by atoms with Crippen LogP contribution in [0.25, 0.3) is 16.7 Å². The van der Waals surface area contributed by atoms with E-state index in [1.165, 1.54) is 4.90 Å². The van der Waals surface area contributed by atoms with Gasteiger partial charge in [-0.05, 0) is 42.3 Å². The number of halogens is 1. The number of rotatable bonds is 5. The largest absolute Gasteiger partial charge is 0.507 e. The highest BCUT2D eigenvalue weighted by Gasteiger charge is 2.46. The number of carbonyl (C=O) groups is 2. The lowest BCUT2D eigenvalue weighted by Crippen LogP contribution is -2.32. The molecule has 1 amide bonds. The number of aliphatic hydroxyl groups is 1. The highest BCUT2D eigenvalue weighted by atomic mass is 79.9. The average molecular weight is 502 g/mol. The maximum Gasteiger partial charge on any atom is 0.295 e. The molecular weight excluding hydrogens is 482 g/mol. The van der Waals surface area contributed by atoms with Gasteiger partial charge in [0.25, 0.3) is 11.7 Å². The Labute approximate surface area is 198 Å². The van der Waals surface area contributed by atoms with E-state index in [0.29, 0.717) is 24.2 Å². The summed E-state index contributed by atoms with van der Waals surface area (Å²) in [5.41, 5.74) is 3.13. The predicted octanol–water partition coefficient (Wildman–Crippen LogP) is 4.99. The molecule has 7 heteroatoms. The van der Waals surface area contributed by atoms with Crippen molar-refractivity contribution in [1.82, 2.24) is 14.9 Å². The number of benzene rings is 2. The Morgan fingerprint density at radius 3 is 2.55 bits per heavy atom. The van der Waals surface area contributed by atoms with Gasteiger partial charge in [0.2, 0.25) is 0 Å². The van der Waals surface area contributed by atoms with Gasteiger partial charge < -0.3 is 15.0 Å². The predicted molar refractivity (Wildman–Crippen MR) is 129 cm³/mol. The van der Waals surface area contributed by atoms with Crippen LogP contribution in [0.15, 0.2) is 89.2 Å². The lowest BCUT2D eigenvalue weighted by molar-refractivity contribution is -0.139. The molecule has 0 spiro atoms. The quantitative estimate of drug-likeness (QED) is 0.229. The van der Waals surface area contributed by atoms with E-state index in [0.717, 1.165) is 20.9 Å². The summed E-state index contributed by atoms with van der Waals surface area (Å²) in [5, 5.41) is 12.2. The van der Waals surface area contributed by atoms with Gasteiger partial charge in [-0.15, -0.1) is 0 Å². The number of nitrogens with one attached hydrogen (secondary N) is 1. The number of pyridine rings is 1. The third kappa shape index (κ3) is 3.85. The minimum Gasteiger partial charge on any atom is -0.507 e. The second kappa shape index (κ2) is 8.67. The monoisotopic (exact) mass is 501 g/mol. The van der Waals surface area contributed by atoms with Crippen LogP contribution >= 0.6 is 15.9 Å². The van der Waals surface area contributed by atoms with Crippen molar-refractivity contribution in [3.05, 3.63) is 106 Å². The smallest absolute Gasteiger partial charge is 0.295 e. The van der Waals surface area contributed by atoms with Gasteiger partial charge in [0.15, 0.2) is 0 Å². The van der Waals surface area contributed by atoms with Crippen molar-refractivity contribution in [2.75, 3.05) is 6.54 Å². The van der Waals surface area contributed by atoms with Gasteiger partial charge in [-0.1, -0.05) is 52.3 Å². The first-order valence-electron chi connectivity index (χ1n) is 10.5. The van der Waals surface area contributed by atoms with Crippen molar-refractivity contribution in [3.8, 4) is 0 Å². The number of likely N-dealkylation sites (tertiary alicyclic amines) is 1. The van der Waals surface area contributed by atoms with Crippen molar-refractivity contribution < 1.29 is 14.7 Å². The zero-order chi connectivity index (χ0) is 22.9. The minimum absolute atomic E-state index is 0.0555. The van der Waals surface area contributed by atoms with Crippen LogP contribution in [0, 0.1) is 0 Å². The molecule has 164 valence electrons. The number of fused-ring (bicyclic) bond motifs is 1. The van der Waals surface area contributed by atoms with E-state index in [1.54, 1.807) is 42.6 Å². The molecule has 1 aliphatic heterocycles. The fourth-order valence-corrected chi connectivity index (χ4v) is 4.56. The third-order valence-corrected chi connectivity index (χ3v) is 6.45. The first-order valence-corrected chi connectivity index (χ1v) is 11.3. The Hall–Kier alpha value is -3.71. The number of Topliss-reactive ketones (excluding diaryl/α,β-unsaturated/α-hetero) is 1. The number of hydrogen-bond acceptors (Lipinski definition) is 4. The molecule has 2 aromatic carbocycles. The minimum atomic E-state index is -0.764. The number of hydrogen-bond donors (Lipinski definition) is 2. The molecule has 0 bridgehead atoms. The van der Waals surface area contributed by atoms with E-state index in [9.17, 15) is 14.7 Å². The number of ketones is 1. The number of H-pyrrole nitrogens is 1. The molecule has 2 aromatic heterocycles. The highest BCUT2D eigenvalue weighted by molar-refractivity contribution is 9.10. The van der Waals surface area contributed by atoms with Gasteiger partial charge in [0.1, 0.15) is 11.8 Å². The van der Waals surface area contributed by atoms with Gasteiger partial charge >= 0.3 is 0 Å². The summed E-state index contributed by atoms with van der Waals surface area (Å²) < 4.78 is 0.847. The van der Waals surface area contributed by atoms with Crippen molar-refractivity contribution in [1.29, 1.82) is 0 Å². The molecule has 6 nitrogen and oxygen atoms in total. The lowest BCUT2D eigenvalue weighted by Gasteiger charge is -2.24. The van der Waals surface area contributed by atoms with Crippen molar-refractivity contribution in [3.63, 3.8) is 0 Å². The molecule has 0 saturated carbocycles. The van der Waals surface area contributed by atoms with Crippen LogP contribution in [0.2, 0.25) is 0 Å². The Morgan fingerprint density at radius 1 is 1.03 bits per heavy atom. The number of nitrogens with zero attached hydrogens (tertiary/aromatic N) is 2. The first kappa shape index (κ1) is 21.2. The van der Waals surface area contributed by atoms with Crippen LogP contribution in [0.5, 0.6) is 0 Å². The molecule has 33 heavy (non-hydrogen) atoms. The van der Waals surface area contributed by atoms with Gasteiger partial charge in [-0.25, -0.2) is 0 Å². The second-order valence-corrected chi connectivity index (χ2v) is 8.78. The lowest BCUT2D eigenvalue weighted by atomic mass is 9.98. The van der Waals surface area contributed by atoms with Crippen molar-refractivity contribution in [2.24, 2.45) is 0 Å². The molecule has 0 radical (unpaired) electrons. The van der Waals surface area contributed by atoms with Gasteiger partial charge in [0.05, 0.1) is 11.3 Å². The Balaban J connectivity index is 1.55. The van der Waals surface area contributed by atoms with E-state index < -0.39 is 17.7 Å². The van der Waals surface area contributed by atoms with Gasteiger partial charge in [0, 0.05) is 39.9 Å². The number of amides is 1. The van der Waals surface area contributed by atoms with Crippen LogP contribution in [0.3, 0.4) is 0 Å². The van der Waals surface area contributed by atoms with Crippen molar-refractivity contribution in [2.45, 2.75) is 12.5 Å². The number of aromatic amines is 1. The van der Waals surface area contributed by atoms with Gasteiger partial charge in [-0.3, -0.25) is 14.6 Å². The molecule has 1 aliphatic rings. The van der Waals surface area contributed by atoms with Crippen LogP contribution in [-0.2, 0) is 16.0 Å². The van der Waals surface area contributed by atoms with Crippen LogP contribution in [-0.4, -0.2) is 38.2 Å². The molecule has 1 saturated heterocycles. The SMILES string of the molecule is O=C1C(=O)N(CCc2c[nH]c3ccccc23)C(c2ccccn2)C1=C(O)c1ccc(Br)cc1. The fraction of sp³-hybridized carbons (Fsp3) is 0.115. The Kier molecular flexibility index (Phi) is 5.56. The molecule has 1 fully saturated rings. The standard InChI is InChI=1S/C26H20BrN3O3/c27-18-10-8-16(9-11-18)24(31)22-23(21-7-3-4-13-28-21)30(26(33)25(22)32)14-12-17-15-29-20-6-2-1-5-19(17)20/h1-11,13,15,23,29,31H,12,14H2. The van der Waals surface area contributed by atoms with E-state index >= 15 is 0 Å². The first-order chi connectivity index (χ1) is 16.0. The third-order valence-electron chi connectivity index (χ3n) is 5.92. The number of carbonyl (C=O) groups excluding carboxylic acids is 2. The average Bonchev–Trinajstić information content (AvgIpc) is 3.37. The molecule has 4 aromatic rings. The summed E-state index contributed by atoms with van der Waals surface area (Å²) in [4.78, 5) is 35.4. The van der Waals surface area contributed by atoms with Gasteiger partial charge in [-0.2, -0.15) is 0 Å². The zero-order valence-corrected chi connectivity index (χ0v) is 19.1. The maximum absolute atomic E-state index is 13.1. The highest BCUT2D eigenvalue weighted by Crippen LogP contribution is 2.39. The van der Waals surface area contributed by atoms with Crippen molar-refractivity contribution >= 4 is 44.3 Å². The molecule has 1 unspecified atom stereocenters. The number of aliphatic hydroxyl groups excluding tert-OH is 1. The molecular formula is C26H20BrN3O3. The molecule has 1 atom stereocenters. The maximum atomic E-state index is 13.1. The fourth-order valence-electron chi connectivity index (χ4n) is 4.30. The zero-order valence-electron chi connectivity index (χ0n) is 17.5. The second-order valence-electron chi connectivity index (χ2n) is 7.86. The van der Waals surface area contributed by atoms with Crippen LogP contribution in [0.4, 0.5) is 0 Å². The van der Waals surface area contributed by atoms with E-state index in [-0.39, 0.29) is 11.3 Å². The summed E-state index contributed by atoms with van der Waals surface area (Å²) in [5.74, 6) is -1.54. The number of para-hydroxylation sites is 1. The molecule has 3 heterocycles. The van der Waals surface area contributed by atoms with E-state index in [1.807, 2.05) is 36.5 Å². The topological polar surface area (TPSA) is 86.3 Å². The van der Waals surface area contributed by atoms with Crippen LogP contribution < -0.4 is 0 Å². The molecule has 2 N–H and O–H groups in total. The summed E-state index contributed by atoms with van der Waals surface area (Å²) >= 11 is 3.37. The summed E-state index contributed by atoms with van der Waals surface area (Å²) in [6.45, 7) is 0.310. The normalized spacial score (nSPS) is 17.7. The Morgan fingerprint density at radius 2 is 1.79 bits per heavy atom. The molecule has 5 rings (SSSR count). The van der Waals surface area contributed by atoms with E-state index in [2.05, 4.69) is 25.9 Å². The number of aromatic nitrogens is 2. The van der Waals surface area contributed by atoms with Crippen LogP contribution in [0.1, 0.15) is 22.9 Å².